The Bertz CT molecular complexity index is 1110. The van der Waals surface area contributed by atoms with Gasteiger partial charge in [0.15, 0.2) is 41.3 Å². The Morgan fingerprint density at radius 3 is 1.63 bits per heavy atom. The molecule has 9 heteroatoms. The van der Waals surface area contributed by atoms with E-state index in [9.17, 15) is 45.3 Å². The highest BCUT2D eigenvalue weighted by molar-refractivity contribution is 6.15. The number of hydrogen-bond acceptors (Lipinski definition) is 9. The number of fused-ring (bicyclic) bond motifs is 1. The fraction of sp³-hybridized carbons (Fsp3) is 0. The average Bonchev–Trinajstić information content (AvgIpc) is 2.63. The van der Waals surface area contributed by atoms with Crippen LogP contribution in [0.1, 0.15) is 20.7 Å². The lowest BCUT2D eigenvalue weighted by molar-refractivity contribution is 0.109. The predicted octanol–water partition coefficient (Wildman–Crippen LogP) is 2.07. The van der Waals surface area contributed by atoms with Crippen molar-refractivity contribution in [1.82, 2.24) is 0 Å². The van der Waals surface area contributed by atoms with Gasteiger partial charge in [-0.05, 0) is 23.8 Å². The van der Waals surface area contributed by atoms with Crippen molar-refractivity contribution >= 4 is 23.3 Å². The van der Waals surface area contributed by atoms with E-state index in [1.807, 2.05) is 0 Å². The van der Waals surface area contributed by atoms with Gasteiger partial charge in [0, 0.05) is 16.5 Å². The smallest absolute Gasteiger partial charge is 0.201 e. The van der Waals surface area contributed by atoms with Gasteiger partial charge in [0.25, 0.3) is 0 Å². The average molecular weight is 372 g/mol. The minimum absolute atomic E-state index is 0.0810. The van der Waals surface area contributed by atoms with E-state index in [0.717, 1.165) is 18.2 Å². The Balaban J connectivity index is 2.64. The fourth-order valence-electron chi connectivity index (χ4n) is 2.92. The lowest BCUT2D eigenvalue weighted by atomic mass is 9.88. The first-order valence-electron chi connectivity index (χ1n) is 7.35. The molecule has 3 rings (SSSR count). The molecule has 0 aliphatic heterocycles. The normalized spacial score (nSPS) is 10.8. The molecule has 3 aromatic rings. The standard InChI is InChI=1S/C18H12O9/c19-4-8-9(5-20)15(24)14-7(3-12(23)17(26)18(14)27)13(8)6-1-10(21)16(25)11(22)2-6/h1-5,21-27H. The van der Waals surface area contributed by atoms with Crippen molar-refractivity contribution in [3.05, 3.63) is 29.3 Å². The molecular weight excluding hydrogens is 360 g/mol. The Labute approximate surface area is 150 Å². The SMILES string of the molecule is O=Cc1c(C=O)c(O)c2c(O)c(O)c(O)cc2c1-c1cc(O)c(O)c(O)c1. The van der Waals surface area contributed by atoms with Gasteiger partial charge in [-0.3, -0.25) is 9.59 Å². The van der Waals surface area contributed by atoms with Crippen LogP contribution in [0, 0.1) is 0 Å². The number of carbonyl (C=O) groups is 2. The van der Waals surface area contributed by atoms with Crippen LogP contribution >= 0.6 is 0 Å². The number of carbonyl (C=O) groups excluding carboxylic acids is 2. The molecule has 27 heavy (non-hydrogen) atoms. The summed E-state index contributed by atoms with van der Waals surface area (Å²) in [6.45, 7) is 0. The number of aldehydes is 2. The molecule has 0 fully saturated rings. The van der Waals surface area contributed by atoms with E-state index in [1.54, 1.807) is 0 Å². The maximum Gasteiger partial charge on any atom is 0.201 e. The van der Waals surface area contributed by atoms with Crippen molar-refractivity contribution in [2.24, 2.45) is 0 Å². The third-order valence-electron chi connectivity index (χ3n) is 4.17. The van der Waals surface area contributed by atoms with Gasteiger partial charge < -0.3 is 35.7 Å². The summed E-state index contributed by atoms with van der Waals surface area (Å²) in [6, 6.07) is 2.84. The van der Waals surface area contributed by atoms with Crippen LogP contribution in [0.25, 0.3) is 21.9 Å². The van der Waals surface area contributed by atoms with Gasteiger partial charge in [-0.25, -0.2) is 0 Å². The van der Waals surface area contributed by atoms with Crippen molar-refractivity contribution in [2.45, 2.75) is 0 Å². The molecule has 3 aromatic carbocycles. The molecule has 0 saturated heterocycles. The molecule has 0 aliphatic rings. The quantitative estimate of drug-likeness (QED) is 0.268. The number of hydrogen-bond donors (Lipinski definition) is 7. The largest absolute Gasteiger partial charge is 0.506 e. The number of phenolic OH excluding ortho intramolecular Hbond substituents is 7. The number of aromatic hydroxyl groups is 7. The highest BCUT2D eigenvalue weighted by Gasteiger charge is 2.26. The van der Waals surface area contributed by atoms with Crippen LogP contribution < -0.4 is 0 Å². The summed E-state index contributed by atoms with van der Waals surface area (Å²) in [5, 5.41) is 68.4. The first-order chi connectivity index (χ1) is 12.7. The maximum absolute atomic E-state index is 11.6. The third kappa shape index (κ3) is 2.41. The van der Waals surface area contributed by atoms with E-state index in [0.29, 0.717) is 0 Å². The Morgan fingerprint density at radius 2 is 1.11 bits per heavy atom. The Kier molecular flexibility index (Phi) is 3.92. The van der Waals surface area contributed by atoms with Crippen LogP contribution in [0.3, 0.4) is 0 Å². The molecular formula is C18H12O9. The second kappa shape index (κ2) is 5.99. The summed E-state index contributed by atoms with van der Waals surface area (Å²) in [4.78, 5) is 23.1. The van der Waals surface area contributed by atoms with E-state index >= 15 is 0 Å². The second-order valence-corrected chi connectivity index (χ2v) is 5.67. The molecule has 138 valence electrons. The van der Waals surface area contributed by atoms with Crippen LogP contribution in [-0.4, -0.2) is 48.3 Å². The number of phenols is 7. The van der Waals surface area contributed by atoms with Crippen LogP contribution in [0.2, 0.25) is 0 Å². The van der Waals surface area contributed by atoms with Crippen molar-refractivity contribution in [2.75, 3.05) is 0 Å². The van der Waals surface area contributed by atoms with E-state index in [1.165, 1.54) is 0 Å². The van der Waals surface area contributed by atoms with Crippen molar-refractivity contribution in [1.29, 1.82) is 0 Å². The highest BCUT2D eigenvalue weighted by atomic mass is 16.3. The summed E-state index contributed by atoms with van der Waals surface area (Å²) >= 11 is 0. The van der Waals surface area contributed by atoms with E-state index in [2.05, 4.69) is 0 Å². The minimum Gasteiger partial charge on any atom is -0.506 e. The molecule has 7 N–H and O–H groups in total. The van der Waals surface area contributed by atoms with Gasteiger partial charge in [0.05, 0.1) is 10.9 Å². The predicted molar refractivity (Wildman–Crippen MR) is 91.8 cm³/mol. The zero-order valence-electron chi connectivity index (χ0n) is 13.3. The van der Waals surface area contributed by atoms with Gasteiger partial charge in [-0.1, -0.05) is 0 Å². The van der Waals surface area contributed by atoms with Gasteiger partial charge in [0.2, 0.25) is 5.75 Å². The van der Waals surface area contributed by atoms with E-state index in [4.69, 9.17) is 0 Å². The summed E-state index contributed by atoms with van der Waals surface area (Å²) < 4.78 is 0. The summed E-state index contributed by atoms with van der Waals surface area (Å²) in [6.07, 6.45) is 0.367. The van der Waals surface area contributed by atoms with Crippen LogP contribution in [-0.2, 0) is 0 Å². The monoisotopic (exact) mass is 372 g/mol. The zero-order valence-corrected chi connectivity index (χ0v) is 13.3. The number of rotatable bonds is 3. The molecule has 0 aromatic heterocycles. The summed E-state index contributed by atoms with van der Waals surface area (Å²) in [5.41, 5.74) is -1.14. The Morgan fingerprint density at radius 1 is 0.593 bits per heavy atom. The molecule has 0 radical (unpaired) electrons. The molecule has 0 heterocycles. The van der Waals surface area contributed by atoms with Crippen LogP contribution in [0.5, 0.6) is 40.2 Å². The molecule has 0 aliphatic carbocycles. The highest BCUT2D eigenvalue weighted by Crippen LogP contribution is 2.51. The van der Waals surface area contributed by atoms with Crippen molar-refractivity contribution in [3.8, 4) is 51.4 Å². The van der Waals surface area contributed by atoms with Gasteiger partial charge in [-0.2, -0.15) is 0 Å². The maximum atomic E-state index is 11.6. The lowest BCUT2D eigenvalue weighted by Gasteiger charge is -2.17. The summed E-state index contributed by atoms with van der Waals surface area (Å²) in [5.74, 6) is -5.83. The fourth-order valence-corrected chi connectivity index (χ4v) is 2.92. The molecule has 0 unspecified atom stereocenters. The molecule has 0 amide bonds. The van der Waals surface area contributed by atoms with Crippen molar-refractivity contribution < 1.29 is 45.3 Å². The first kappa shape index (κ1) is 17.7. The van der Waals surface area contributed by atoms with Crippen LogP contribution in [0.4, 0.5) is 0 Å². The molecule has 0 atom stereocenters. The second-order valence-electron chi connectivity index (χ2n) is 5.67. The first-order valence-corrected chi connectivity index (χ1v) is 7.35. The van der Waals surface area contributed by atoms with Gasteiger partial charge >= 0.3 is 0 Å². The molecule has 0 saturated carbocycles. The minimum atomic E-state index is -0.962. The molecule has 9 nitrogen and oxygen atoms in total. The van der Waals surface area contributed by atoms with Gasteiger partial charge in [0.1, 0.15) is 5.75 Å². The Hall–Kier alpha value is -4.14. The summed E-state index contributed by atoms with van der Waals surface area (Å²) in [7, 11) is 0. The molecule has 0 bridgehead atoms. The third-order valence-corrected chi connectivity index (χ3v) is 4.17. The topological polar surface area (TPSA) is 176 Å². The van der Waals surface area contributed by atoms with E-state index < -0.39 is 51.2 Å². The zero-order chi connectivity index (χ0) is 20.0. The number of benzene rings is 3. The van der Waals surface area contributed by atoms with E-state index in [-0.39, 0.29) is 34.6 Å². The molecule has 0 spiro atoms. The van der Waals surface area contributed by atoms with Crippen molar-refractivity contribution in [3.63, 3.8) is 0 Å². The van der Waals surface area contributed by atoms with Gasteiger partial charge in [-0.15, -0.1) is 0 Å². The lowest BCUT2D eigenvalue weighted by Crippen LogP contribution is -1.99. The van der Waals surface area contributed by atoms with Crippen LogP contribution in [0.15, 0.2) is 18.2 Å².